The smallest absolute Gasteiger partial charge is 0.316 e. The van der Waals surface area contributed by atoms with Crippen LogP contribution in [0.15, 0.2) is 12.7 Å². The first kappa shape index (κ1) is 30.6. The number of hydrogen-bond acceptors (Lipinski definition) is 7. The fourth-order valence-electron chi connectivity index (χ4n) is 8.44. The number of carbonyl (C=O) groups is 3. The largest absolute Gasteiger partial charge is 0.461 e. The van der Waals surface area contributed by atoms with Crippen molar-refractivity contribution in [3.8, 4) is 0 Å². The molecule has 220 valence electrons. The van der Waals surface area contributed by atoms with E-state index in [0.29, 0.717) is 25.9 Å². The summed E-state index contributed by atoms with van der Waals surface area (Å²) < 4.78 is 6.31. The lowest BCUT2D eigenvalue weighted by Gasteiger charge is -2.59. The van der Waals surface area contributed by atoms with Gasteiger partial charge in [-0.3, -0.25) is 14.4 Å². The third-order valence-electron chi connectivity index (χ3n) is 11.0. The van der Waals surface area contributed by atoms with Gasteiger partial charge in [0.2, 0.25) is 5.91 Å². The number of amides is 1. The Morgan fingerprint density at radius 2 is 1.97 bits per heavy atom. The van der Waals surface area contributed by atoms with Crippen molar-refractivity contribution in [2.24, 2.45) is 39.7 Å². The molecule has 0 aromatic carbocycles. The van der Waals surface area contributed by atoms with Crippen molar-refractivity contribution in [3.63, 3.8) is 0 Å². The highest BCUT2D eigenvalue weighted by Crippen LogP contribution is 2.66. The van der Waals surface area contributed by atoms with Gasteiger partial charge in [0.05, 0.1) is 17.9 Å². The van der Waals surface area contributed by atoms with E-state index in [4.69, 9.17) is 10.5 Å². The van der Waals surface area contributed by atoms with Crippen molar-refractivity contribution in [2.45, 2.75) is 109 Å². The van der Waals surface area contributed by atoms with Crippen molar-refractivity contribution in [1.82, 2.24) is 4.90 Å². The zero-order chi connectivity index (χ0) is 28.8. The van der Waals surface area contributed by atoms with Crippen LogP contribution in [0.3, 0.4) is 0 Å². The number of aliphatic hydroxyl groups is 1. The lowest BCUT2D eigenvalue weighted by Crippen LogP contribution is -2.60. The molecular formula is C31H50N2O5S. The van der Waals surface area contributed by atoms with Crippen LogP contribution in [-0.4, -0.2) is 70.0 Å². The van der Waals surface area contributed by atoms with E-state index in [0.717, 1.165) is 38.5 Å². The summed E-state index contributed by atoms with van der Waals surface area (Å²) in [5.41, 5.74) is 4.76. The fraction of sp³-hybridized carbons (Fsp3) is 0.839. The van der Waals surface area contributed by atoms with Gasteiger partial charge in [-0.2, -0.15) is 0 Å². The van der Waals surface area contributed by atoms with Crippen LogP contribution in [0.25, 0.3) is 0 Å². The molecule has 1 heterocycles. The second-order valence-corrected chi connectivity index (χ2v) is 15.0. The number of hydrogen-bond donors (Lipinski definition) is 2. The molecule has 7 nitrogen and oxygen atoms in total. The molecule has 8 heteroatoms. The standard InChI is InChI=1S/C31H50N2O5S/c1-7-29(5)16-23(30(6)12-9-13-31(20(4)27(29)36)14-11-22(34)26(30)31)38-24(35)18-39-21-10-8-15-33(17-21)28(37)25(32)19(2)3/h7,19-21,23,25-27,36H,1,8-18,32H2,2-6H3/t20-,21+,23+,25+,26?,27?,29+,30-,31?/m0/s1. The normalized spacial score (nSPS) is 41.4. The van der Waals surface area contributed by atoms with Gasteiger partial charge in [-0.25, -0.2) is 0 Å². The van der Waals surface area contributed by atoms with Gasteiger partial charge in [0.25, 0.3) is 0 Å². The van der Waals surface area contributed by atoms with Gasteiger partial charge in [-0.15, -0.1) is 18.3 Å². The Hall–Kier alpha value is -1.38. The molecule has 39 heavy (non-hydrogen) atoms. The molecule has 1 aliphatic heterocycles. The monoisotopic (exact) mass is 562 g/mol. The molecule has 3 unspecified atom stereocenters. The molecule has 3 N–H and O–H groups in total. The average Bonchev–Trinajstić information content (AvgIpc) is 3.28. The molecule has 0 aromatic heterocycles. The van der Waals surface area contributed by atoms with E-state index in [1.54, 1.807) is 11.8 Å². The Morgan fingerprint density at radius 3 is 2.64 bits per heavy atom. The second-order valence-electron chi connectivity index (χ2n) is 13.7. The van der Waals surface area contributed by atoms with Crippen LogP contribution in [0.4, 0.5) is 0 Å². The molecule has 3 aliphatic carbocycles. The summed E-state index contributed by atoms with van der Waals surface area (Å²) in [4.78, 5) is 41.4. The molecule has 2 bridgehead atoms. The third-order valence-corrected chi connectivity index (χ3v) is 12.3. The predicted molar refractivity (Wildman–Crippen MR) is 155 cm³/mol. The fourth-order valence-corrected chi connectivity index (χ4v) is 9.49. The summed E-state index contributed by atoms with van der Waals surface area (Å²) in [6.07, 6.45) is 7.04. The number of ketones is 1. The number of Topliss-reactive ketones (excluding diaryl/α,β-unsaturated/α-hetero) is 1. The first-order valence-electron chi connectivity index (χ1n) is 15.0. The van der Waals surface area contributed by atoms with E-state index in [-0.39, 0.29) is 51.8 Å². The van der Waals surface area contributed by atoms with Crippen molar-refractivity contribution in [1.29, 1.82) is 0 Å². The van der Waals surface area contributed by atoms with Gasteiger partial charge in [0.15, 0.2) is 0 Å². The Balaban J connectivity index is 1.49. The summed E-state index contributed by atoms with van der Waals surface area (Å²) >= 11 is 1.55. The predicted octanol–water partition coefficient (Wildman–Crippen LogP) is 4.35. The molecule has 3 saturated carbocycles. The number of rotatable bonds is 7. The lowest BCUT2D eigenvalue weighted by atomic mass is 9.46. The summed E-state index contributed by atoms with van der Waals surface area (Å²) in [5.74, 6) is 0.00162. The van der Waals surface area contributed by atoms with Gasteiger partial charge in [-0.1, -0.05) is 47.1 Å². The van der Waals surface area contributed by atoms with Gasteiger partial charge in [0.1, 0.15) is 11.9 Å². The molecule has 9 atom stereocenters. The molecule has 0 spiro atoms. The molecule has 4 rings (SSSR count). The van der Waals surface area contributed by atoms with Crippen molar-refractivity contribution < 1.29 is 24.2 Å². The molecule has 1 amide bonds. The zero-order valence-corrected chi connectivity index (χ0v) is 25.4. The Morgan fingerprint density at radius 1 is 1.26 bits per heavy atom. The topological polar surface area (TPSA) is 110 Å². The van der Waals surface area contributed by atoms with Crippen LogP contribution >= 0.6 is 11.8 Å². The summed E-state index contributed by atoms with van der Waals surface area (Å²) in [7, 11) is 0. The molecule has 0 radical (unpaired) electrons. The Bertz CT molecular complexity index is 973. The van der Waals surface area contributed by atoms with E-state index in [9.17, 15) is 19.5 Å². The quantitative estimate of drug-likeness (QED) is 0.351. The lowest BCUT2D eigenvalue weighted by molar-refractivity contribution is -0.193. The minimum Gasteiger partial charge on any atom is -0.461 e. The number of likely N-dealkylation sites (tertiary alicyclic amines) is 1. The van der Waals surface area contributed by atoms with Gasteiger partial charge in [0, 0.05) is 41.5 Å². The molecule has 1 saturated heterocycles. The maximum Gasteiger partial charge on any atom is 0.316 e. The SMILES string of the molecule is C=C[C@]1(C)C[C@@H](OC(=O)CS[C@@H]2CCCN(C(=O)[C@H](N)C(C)C)C2)[C@]2(C)CCCC3(CCC(=O)C32)[C@@H](C)C1O. The van der Waals surface area contributed by atoms with Crippen LogP contribution < -0.4 is 5.73 Å². The summed E-state index contributed by atoms with van der Waals surface area (Å²) in [6, 6.07) is -0.503. The highest BCUT2D eigenvalue weighted by Gasteiger charge is 2.66. The minimum absolute atomic E-state index is 0.0150. The number of aliphatic hydroxyl groups excluding tert-OH is 1. The Kier molecular flexibility index (Phi) is 9.00. The van der Waals surface area contributed by atoms with Crippen LogP contribution in [0.1, 0.15) is 86.0 Å². The summed E-state index contributed by atoms with van der Waals surface area (Å²) in [6.45, 7) is 15.6. The first-order valence-corrected chi connectivity index (χ1v) is 16.0. The van der Waals surface area contributed by atoms with E-state index in [1.807, 2.05) is 31.7 Å². The zero-order valence-electron chi connectivity index (χ0n) is 24.6. The number of nitrogens with two attached hydrogens (primary N) is 1. The van der Waals surface area contributed by atoms with Gasteiger partial charge >= 0.3 is 5.97 Å². The van der Waals surface area contributed by atoms with E-state index < -0.39 is 29.1 Å². The van der Waals surface area contributed by atoms with E-state index in [2.05, 4.69) is 20.4 Å². The first-order chi connectivity index (χ1) is 18.3. The van der Waals surface area contributed by atoms with Gasteiger partial charge < -0.3 is 20.5 Å². The van der Waals surface area contributed by atoms with E-state index in [1.165, 1.54) is 0 Å². The molecule has 0 aromatic rings. The van der Waals surface area contributed by atoms with Crippen molar-refractivity contribution in [2.75, 3.05) is 18.8 Å². The van der Waals surface area contributed by atoms with Crippen LogP contribution in [0.5, 0.6) is 0 Å². The minimum atomic E-state index is -0.662. The highest BCUT2D eigenvalue weighted by molar-refractivity contribution is 8.00. The third kappa shape index (κ3) is 5.46. The Labute approximate surface area is 239 Å². The molecule has 4 aliphatic rings. The van der Waals surface area contributed by atoms with Crippen LogP contribution in [0, 0.1) is 34.0 Å². The number of carbonyl (C=O) groups excluding carboxylic acids is 3. The number of esters is 1. The van der Waals surface area contributed by atoms with Crippen molar-refractivity contribution in [3.05, 3.63) is 12.7 Å². The van der Waals surface area contributed by atoms with Crippen LogP contribution in [0.2, 0.25) is 0 Å². The number of nitrogens with zero attached hydrogens (tertiary/aromatic N) is 1. The number of ether oxygens (including phenoxy) is 1. The number of piperidine rings is 1. The maximum atomic E-state index is 13.4. The summed E-state index contributed by atoms with van der Waals surface area (Å²) in [5, 5.41) is 11.8. The maximum absolute atomic E-state index is 13.4. The molecular weight excluding hydrogens is 512 g/mol. The van der Waals surface area contributed by atoms with E-state index >= 15 is 0 Å². The molecule has 4 fully saturated rings. The number of thioether (sulfide) groups is 1. The van der Waals surface area contributed by atoms with Gasteiger partial charge in [-0.05, 0) is 55.8 Å². The van der Waals surface area contributed by atoms with Crippen molar-refractivity contribution >= 4 is 29.4 Å². The average molecular weight is 563 g/mol. The second kappa shape index (κ2) is 11.5. The van der Waals surface area contributed by atoms with Crippen LogP contribution in [-0.2, 0) is 19.1 Å². The highest BCUT2D eigenvalue weighted by atomic mass is 32.2.